The Labute approximate surface area is 96.8 Å². The van der Waals surface area contributed by atoms with Gasteiger partial charge in [-0.25, -0.2) is 0 Å². The Kier molecular flexibility index (Phi) is 5.12. The van der Waals surface area contributed by atoms with Crippen LogP contribution in [0.4, 0.5) is 0 Å². The summed E-state index contributed by atoms with van der Waals surface area (Å²) < 4.78 is 0.838. The van der Waals surface area contributed by atoms with Crippen molar-refractivity contribution in [2.75, 3.05) is 0 Å². The van der Waals surface area contributed by atoms with Crippen LogP contribution in [0, 0.1) is 6.92 Å². The summed E-state index contributed by atoms with van der Waals surface area (Å²) in [5, 5.41) is 8.71. The Balaban J connectivity index is 0.00000169. The predicted molar refractivity (Wildman–Crippen MR) is 60.7 cm³/mol. The highest BCUT2D eigenvalue weighted by molar-refractivity contribution is 9.10. The number of nitrogens with two attached hydrogens (primary N) is 1. The summed E-state index contributed by atoms with van der Waals surface area (Å²) in [6.45, 7) is 1.84. The SMILES string of the molecule is Cc1ccc(Br)cc1[C@H](N)C(=O)O.Cl. The zero-order valence-corrected chi connectivity index (χ0v) is 9.93. The third-order valence-electron chi connectivity index (χ3n) is 1.84. The third-order valence-corrected chi connectivity index (χ3v) is 2.34. The van der Waals surface area contributed by atoms with Gasteiger partial charge in [0.2, 0.25) is 0 Å². The van der Waals surface area contributed by atoms with Crippen LogP contribution >= 0.6 is 28.3 Å². The predicted octanol–water partition coefficient (Wildman–Crippen LogP) is 2.26. The van der Waals surface area contributed by atoms with Gasteiger partial charge in [0.1, 0.15) is 6.04 Å². The number of hydrogen-bond donors (Lipinski definition) is 2. The minimum Gasteiger partial charge on any atom is -0.480 e. The van der Waals surface area contributed by atoms with Crippen LogP contribution in [0.25, 0.3) is 0 Å². The van der Waals surface area contributed by atoms with Crippen LogP contribution in [-0.4, -0.2) is 11.1 Å². The van der Waals surface area contributed by atoms with Gasteiger partial charge in [-0.3, -0.25) is 4.79 Å². The molecule has 0 spiro atoms. The summed E-state index contributed by atoms with van der Waals surface area (Å²) >= 11 is 3.27. The highest BCUT2D eigenvalue weighted by Gasteiger charge is 2.16. The van der Waals surface area contributed by atoms with Gasteiger partial charge in [-0.2, -0.15) is 0 Å². The van der Waals surface area contributed by atoms with E-state index < -0.39 is 12.0 Å². The lowest BCUT2D eigenvalue weighted by Crippen LogP contribution is -2.21. The molecule has 3 nitrogen and oxygen atoms in total. The van der Waals surface area contributed by atoms with E-state index in [9.17, 15) is 4.79 Å². The molecule has 0 heterocycles. The van der Waals surface area contributed by atoms with E-state index in [0.717, 1.165) is 10.0 Å². The lowest BCUT2D eigenvalue weighted by molar-refractivity contribution is -0.138. The van der Waals surface area contributed by atoms with Crippen molar-refractivity contribution in [2.45, 2.75) is 13.0 Å². The van der Waals surface area contributed by atoms with Crippen LogP contribution in [0.1, 0.15) is 17.2 Å². The number of carboxylic acids is 1. The zero-order chi connectivity index (χ0) is 10.0. The molecule has 0 unspecified atom stereocenters. The molecular weight excluding hydrogens is 269 g/mol. The van der Waals surface area contributed by atoms with Crippen molar-refractivity contribution < 1.29 is 9.90 Å². The van der Waals surface area contributed by atoms with Crippen molar-refractivity contribution in [2.24, 2.45) is 5.73 Å². The van der Waals surface area contributed by atoms with Crippen molar-refractivity contribution in [1.29, 1.82) is 0 Å². The number of hydrogen-bond acceptors (Lipinski definition) is 2. The second kappa shape index (κ2) is 5.34. The number of carboxylic acid groups (broad SMARTS) is 1. The third kappa shape index (κ3) is 2.97. The largest absolute Gasteiger partial charge is 0.480 e. The number of aryl methyl sites for hydroxylation is 1. The molecule has 0 aliphatic rings. The van der Waals surface area contributed by atoms with Crippen molar-refractivity contribution in [3.63, 3.8) is 0 Å². The van der Waals surface area contributed by atoms with Crippen LogP contribution in [0.5, 0.6) is 0 Å². The van der Waals surface area contributed by atoms with E-state index in [2.05, 4.69) is 15.9 Å². The van der Waals surface area contributed by atoms with Gasteiger partial charge < -0.3 is 10.8 Å². The summed E-state index contributed by atoms with van der Waals surface area (Å²) in [5.74, 6) is -1.01. The molecular formula is C9H11BrClNO2. The van der Waals surface area contributed by atoms with Crippen LogP contribution in [0.3, 0.4) is 0 Å². The first-order valence-corrected chi connectivity index (χ1v) is 4.56. The Morgan fingerprint density at radius 1 is 1.57 bits per heavy atom. The molecule has 78 valence electrons. The molecule has 3 N–H and O–H groups in total. The number of benzene rings is 1. The Hall–Kier alpha value is -0.580. The highest BCUT2D eigenvalue weighted by atomic mass is 79.9. The topological polar surface area (TPSA) is 63.3 Å². The molecule has 0 amide bonds. The highest BCUT2D eigenvalue weighted by Crippen LogP contribution is 2.20. The van der Waals surface area contributed by atoms with E-state index in [0.29, 0.717) is 5.56 Å². The van der Waals surface area contributed by atoms with E-state index in [1.165, 1.54) is 0 Å². The summed E-state index contributed by atoms with van der Waals surface area (Å²) in [4.78, 5) is 10.6. The summed E-state index contributed by atoms with van der Waals surface area (Å²) in [5.41, 5.74) is 7.01. The first-order chi connectivity index (χ1) is 6.02. The molecule has 0 fully saturated rings. The van der Waals surface area contributed by atoms with Crippen molar-refractivity contribution in [3.05, 3.63) is 33.8 Å². The number of carbonyl (C=O) groups is 1. The zero-order valence-electron chi connectivity index (χ0n) is 7.53. The van der Waals surface area contributed by atoms with Gasteiger partial charge in [0.25, 0.3) is 0 Å². The average molecular weight is 281 g/mol. The van der Waals surface area contributed by atoms with Crippen LogP contribution in [-0.2, 0) is 4.79 Å². The molecule has 1 aromatic rings. The fourth-order valence-electron chi connectivity index (χ4n) is 1.08. The standard InChI is InChI=1S/C9H10BrNO2.ClH/c1-5-2-3-6(10)4-7(5)8(11)9(12)13;/h2-4,8H,11H2,1H3,(H,12,13);1H/t8-;/m0./s1. The molecule has 0 bridgehead atoms. The average Bonchev–Trinajstić information content (AvgIpc) is 2.08. The molecule has 14 heavy (non-hydrogen) atoms. The molecule has 0 aliphatic carbocycles. The Bertz CT molecular complexity index is 344. The van der Waals surface area contributed by atoms with Gasteiger partial charge in [-0.05, 0) is 30.2 Å². The van der Waals surface area contributed by atoms with Crippen molar-refractivity contribution in [3.8, 4) is 0 Å². The fourth-order valence-corrected chi connectivity index (χ4v) is 1.46. The van der Waals surface area contributed by atoms with Crippen LogP contribution < -0.4 is 5.73 Å². The summed E-state index contributed by atoms with van der Waals surface area (Å²) in [6, 6.07) is 4.47. The van der Waals surface area contributed by atoms with Gasteiger partial charge in [0, 0.05) is 4.47 Å². The molecule has 0 aromatic heterocycles. The molecule has 0 radical (unpaired) electrons. The van der Waals surface area contributed by atoms with Crippen molar-refractivity contribution >= 4 is 34.3 Å². The Morgan fingerprint density at radius 3 is 2.64 bits per heavy atom. The first kappa shape index (κ1) is 13.4. The molecule has 5 heteroatoms. The van der Waals surface area contributed by atoms with Gasteiger partial charge in [-0.15, -0.1) is 12.4 Å². The van der Waals surface area contributed by atoms with E-state index in [1.807, 2.05) is 19.1 Å². The summed E-state index contributed by atoms with van der Waals surface area (Å²) in [7, 11) is 0. The quantitative estimate of drug-likeness (QED) is 0.873. The monoisotopic (exact) mass is 279 g/mol. The summed E-state index contributed by atoms with van der Waals surface area (Å²) in [6.07, 6.45) is 0. The van der Waals surface area contributed by atoms with E-state index in [4.69, 9.17) is 10.8 Å². The van der Waals surface area contributed by atoms with Crippen LogP contribution in [0.2, 0.25) is 0 Å². The normalized spacial score (nSPS) is 11.6. The van der Waals surface area contributed by atoms with Gasteiger partial charge in [-0.1, -0.05) is 22.0 Å². The van der Waals surface area contributed by atoms with E-state index >= 15 is 0 Å². The van der Waals surface area contributed by atoms with E-state index in [1.54, 1.807) is 6.07 Å². The number of aliphatic carboxylic acids is 1. The first-order valence-electron chi connectivity index (χ1n) is 3.77. The minimum absolute atomic E-state index is 0. The van der Waals surface area contributed by atoms with Gasteiger partial charge in [0.15, 0.2) is 0 Å². The number of halogens is 2. The second-order valence-electron chi connectivity index (χ2n) is 2.82. The van der Waals surface area contributed by atoms with Gasteiger partial charge >= 0.3 is 5.97 Å². The molecule has 0 saturated carbocycles. The second-order valence-corrected chi connectivity index (χ2v) is 3.73. The van der Waals surface area contributed by atoms with Crippen molar-refractivity contribution in [1.82, 2.24) is 0 Å². The fraction of sp³-hybridized carbons (Fsp3) is 0.222. The van der Waals surface area contributed by atoms with Crippen LogP contribution in [0.15, 0.2) is 22.7 Å². The van der Waals surface area contributed by atoms with Gasteiger partial charge in [0.05, 0.1) is 0 Å². The molecule has 1 aromatic carbocycles. The number of rotatable bonds is 2. The minimum atomic E-state index is -1.01. The van der Waals surface area contributed by atoms with E-state index in [-0.39, 0.29) is 12.4 Å². The molecule has 1 rings (SSSR count). The smallest absolute Gasteiger partial charge is 0.325 e. The Morgan fingerprint density at radius 2 is 2.14 bits per heavy atom. The maximum absolute atomic E-state index is 10.6. The molecule has 0 aliphatic heterocycles. The maximum Gasteiger partial charge on any atom is 0.325 e. The lowest BCUT2D eigenvalue weighted by Gasteiger charge is -2.10. The molecule has 1 atom stereocenters. The maximum atomic E-state index is 10.6. The molecule has 0 saturated heterocycles. The lowest BCUT2D eigenvalue weighted by atomic mass is 10.0.